The Morgan fingerprint density at radius 2 is 1.71 bits per heavy atom. The van der Waals surface area contributed by atoms with Crippen molar-refractivity contribution >= 4 is 5.78 Å². The van der Waals surface area contributed by atoms with Gasteiger partial charge in [0.15, 0.2) is 5.78 Å². The van der Waals surface area contributed by atoms with E-state index in [1.807, 2.05) is 36.4 Å². The largest absolute Gasteiger partial charge is 0.496 e. The molecular weight excluding hydrogens is 264 g/mol. The van der Waals surface area contributed by atoms with E-state index in [0.29, 0.717) is 24.2 Å². The molecule has 0 aliphatic heterocycles. The maximum absolute atomic E-state index is 12.7. The van der Waals surface area contributed by atoms with E-state index >= 15 is 0 Å². The number of benzene rings is 2. The first-order valence-corrected chi connectivity index (χ1v) is 6.82. The molecule has 1 aliphatic carbocycles. The van der Waals surface area contributed by atoms with Gasteiger partial charge in [0.2, 0.25) is 0 Å². The molecule has 0 aromatic heterocycles. The van der Waals surface area contributed by atoms with E-state index in [9.17, 15) is 4.79 Å². The standard InChI is InChI=1S/C18H16O3/c1-3-10-21-17-9-5-7-13-15(17)11-14-12(18(13)19)6-4-8-16(14)20-2/h3-9H,1,10-11H2,2H3. The highest BCUT2D eigenvalue weighted by Gasteiger charge is 2.27. The quantitative estimate of drug-likeness (QED) is 0.687. The number of ketones is 1. The molecule has 0 saturated carbocycles. The summed E-state index contributed by atoms with van der Waals surface area (Å²) in [5.74, 6) is 1.50. The molecule has 0 amide bonds. The van der Waals surface area contributed by atoms with Crippen molar-refractivity contribution in [3.63, 3.8) is 0 Å². The minimum absolute atomic E-state index is 0.0224. The van der Waals surface area contributed by atoms with Crippen LogP contribution in [0.25, 0.3) is 0 Å². The first kappa shape index (κ1) is 13.4. The fraction of sp³-hybridized carbons (Fsp3) is 0.167. The van der Waals surface area contributed by atoms with Crippen molar-refractivity contribution in [2.75, 3.05) is 13.7 Å². The summed E-state index contributed by atoms with van der Waals surface area (Å²) in [6.45, 7) is 4.07. The molecule has 0 heterocycles. The first-order chi connectivity index (χ1) is 10.3. The molecule has 2 aromatic rings. The molecule has 0 fully saturated rings. The van der Waals surface area contributed by atoms with E-state index in [1.165, 1.54) is 0 Å². The molecule has 3 rings (SSSR count). The van der Waals surface area contributed by atoms with Crippen molar-refractivity contribution in [1.82, 2.24) is 0 Å². The number of carbonyl (C=O) groups is 1. The van der Waals surface area contributed by atoms with Crippen LogP contribution in [0.3, 0.4) is 0 Å². The van der Waals surface area contributed by atoms with Crippen LogP contribution in [0.5, 0.6) is 11.5 Å². The van der Waals surface area contributed by atoms with Crippen LogP contribution >= 0.6 is 0 Å². The number of fused-ring (bicyclic) bond motifs is 2. The van der Waals surface area contributed by atoms with E-state index < -0.39 is 0 Å². The lowest BCUT2D eigenvalue weighted by atomic mass is 9.84. The van der Waals surface area contributed by atoms with Gasteiger partial charge in [-0.15, -0.1) is 0 Å². The Morgan fingerprint density at radius 3 is 2.33 bits per heavy atom. The fourth-order valence-electron chi connectivity index (χ4n) is 2.72. The third-order valence-electron chi connectivity index (χ3n) is 3.69. The first-order valence-electron chi connectivity index (χ1n) is 6.82. The summed E-state index contributed by atoms with van der Waals surface area (Å²) in [6, 6.07) is 11.2. The van der Waals surface area contributed by atoms with Crippen LogP contribution in [0.15, 0.2) is 49.1 Å². The Labute approximate surface area is 123 Å². The number of ether oxygens (including phenoxy) is 2. The van der Waals surface area contributed by atoms with Gasteiger partial charge in [-0.25, -0.2) is 0 Å². The SMILES string of the molecule is C=CCOc1cccc2c1Cc1c(OC)cccc1C2=O. The second-order valence-corrected chi connectivity index (χ2v) is 4.87. The third-order valence-corrected chi connectivity index (χ3v) is 3.69. The summed E-state index contributed by atoms with van der Waals surface area (Å²) in [7, 11) is 1.62. The Morgan fingerprint density at radius 1 is 1.10 bits per heavy atom. The van der Waals surface area contributed by atoms with Crippen molar-refractivity contribution in [1.29, 1.82) is 0 Å². The van der Waals surface area contributed by atoms with E-state index in [1.54, 1.807) is 13.2 Å². The van der Waals surface area contributed by atoms with Crippen LogP contribution in [-0.4, -0.2) is 19.5 Å². The van der Waals surface area contributed by atoms with Gasteiger partial charge < -0.3 is 9.47 Å². The second kappa shape index (κ2) is 5.44. The molecule has 3 nitrogen and oxygen atoms in total. The molecule has 106 valence electrons. The molecule has 0 atom stereocenters. The van der Waals surface area contributed by atoms with Gasteiger partial charge in [-0.1, -0.05) is 36.9 Å². The molecule has 0 unspecified atom stereocenters. The summed E-state index contributed by atoms with van der Waals surface area (Å²) < 4.78 is 11.1. The summed E-state index contributed by atoms with van der Waals surface area (Å²) >= 11 is 0. The van der Waals surface area contributed by atoms with Gasteiger partial charge in [0.1, 0.15) is 18.1 Å². The molecule has 0 N–H and O–H groups in total. The van der Waals surface area contributed by atoms with Gasteiger partial charge in [-0.2, -0.15) is 0 Å². The van der Waals surface area contributed by atoms with Crippen molar-refractivity contribution in [2.45, 2.75) is 6.42 Å². The highest BCUT2D eigenvalue weighted by molar-refractivity contribution is 6.13. The van der Waals surface area contributed by atoms with Crippen molar-refractivity contribution in [2.24, 2.45) is 0 Å². The Kier molecular flexibility index (Phi) is 3.48. The number of methoxy groups -OCH3 is 1. The smallest absolute Gasteiger partial charge is 0.193 e. The van der Waals surface area contributed by atoms with E-state index in [-0.39, 0.29) is 5.78 Å². The topological polar surface area (TPSA) is 35.5 Å². The van der Waals surface area contributed by atoms with Crippen LogP contribution in [0.1, 0.15) is 27.0 Å². The number of rotatable bonds is 4. The van der Waals surface area contributed by atoms with Gasteiger partial charge in [0.25, 0.3) is 0 Å². The molecule has 0 radical (unpaired) electrons. The molecule has 0 spiro atoms. The summed E-state index contributed by atoms with van der Waals surface area (Å²) in [5, 5.41) is 0. The fourth-order valence-corrected chi connectivity index (χ4v) is 2.72. The maximum atomic E-state index is 12.7. The molecule has 2 aromatic carbocycles. The van der Waals surface area contributed by atoms with Gasteiger partial charge in [0.05, 0.1) is 7.11 Å². The second-order valence-electron chi connectivity index (χ2n) is 4.87. The van der Waals surface area contributed by atoms with Crippen LogP contribution in [-0.2, 0) is 6.42 Å². The van der Waals surface area contributed by atoms with Crippen LogP contribution in [0.4, 0.5) is 0 Å². The highest BCUT2D eigenvalue weighted by atomic mass is 16.5. The van der Waals surface area contributed by atoms with Crippen LogP contribution < -0.4 is 9.47 Å². The molecular formula is C18H16O3. The molecule has 0 saturated heterocycles. The number of hydrogen-bond donors (Lipinski definition) is 0. The normalized spacial score (nSPS) is 12.3. The predicted molar refractivity (Wildman–Crippen MR) is 81.4 cm³/mol. The average Bonchev–Trinajstić information content (AvgIpc) is 2.53. The van der Waals surface area contributed by atoms with E-state index in [4.69, 9.17) is 9.47 Å². The van der Waals surface area contributed by atoms with Crippen molar-refractivity contribution in [3.8, 4) is 11.5 Å². The lowest BCUT2D eigenvalue weighted by Gasteiger charge is -2.22. The minimum Gasteiger partial charge on any atom is -0.496 e. The molecule has 3 heteroatoms. The molecule has 1 aliphatic rings. The maximum Gasteiger partial charge on any atom is 0.193 e. The van der Waals surface area contributed by atoms with Crippen LogP contribution in [0, 0.1) is 0 Å². The number of hydrogen-bond acceptors (Lipinski definition) is 3. The Hall–Kier alpha value is -2.55. The summed E-state index contributed by atoms with van der Waals surface area (Å²) in [6.07, 6.45) is 2.33. The van der Waals surface area contributed by atoms with Crippen molar-refractivity contribution in [3.05, 3.63) is 71.3 Å². The summed E-state index contributed by atoms with van der Waals surface area (Å²) in [4.78, 5) is 12.7. The monoisotopic (exact) mass is 280 g/mol. The van der Waals surface area contributed by atoms with Gasteiger partial charge in [0, 0.05) is 28.7 Å². The van der Waals surface area contributed by atoms with Crippen LogP contribution in [0.2, 0.25) is 0 Å². The summed E-state index contributed by atoms with van der Waals surface area (Å²) in [5.41, 5.74) is 3.26. The van der Waals surface area contributed by atoms with Gasteiger partial charge in [-0.3, -0.25) is 4.79 Å². The zero-order valence-corrected chi connectivity index (χ0v) is 11.9. The number of carbonyl (C=O) groups excluding carboxylic acids is 1. The third kappa shape index (κ3) is 2.21. The Bertz CT molecular complexity index is 716. The van der Waals surface area contributed by atoms with E-state index in [2.05, 4.69) is 6.58 Å². The lowest BCUT2D eigenvalue weighted by Crippen LogP contribution is -2.17. The lowest BCUT2D eigenvalue weighted by molar-refractivity contribution is 0.103. The van der Waals surface area contributed by atoms with Gasteiger partial charge >= 0.3 is 0 Å². The zero-order valence-electron chi connectivity index (χ0n) is 11.9. The van der Waals surface area contributed by atoms with Gasteiger partial charge in [-0.05, 0) is 12.1 Å². The average molecular weight is 280 g/mol. The molecule has 21 heavy (non-hydrogen) atoms. The highest BCUT2D eigenvalue weighted by Crippen LogP contribution is 2.36. The zero-order chi connectivity index (χ0) is 14.8. The predicted octanol–water partition coefficient (Wildman–Crippen LogP) is 3.40. The van der Waals surface area contributed by atoms with Crippen molar-refractivity contribution < 1.29 is 14.3 Å². The van der Waals surface area contributed by atoms with E-state index in [0.717, 1.165) is 22.6 Å². The molecule has 0 bridgehead atoms. The minimum atomic E-state index is 0.0224. The Balaban J connectivity index is 2.12.